The summed E-state index contributed by atoms with van der Waals surface area (Å²) in [6.07, 6.45) is 0. The molecule has 76 heavy (non-hydrogen) atoms. The van der Waals surface area contributed by atoms with E-state index >= 15 is 0 Å². The molecular formula is C67H56N6O2Pt. The molecule has 2 heterocycles. The summed E-state index contributed by atoms with van der Waals surface area (Å²) in [5.74, 6) is 0.365. The van der Waals surface area contributed by atoms with E-state index in [1.807, 2.05) is 48.5 Å². The molecule has 2 aliphatic heterocycles. The molecule has 10 aromatic carbocycles. The summed E-state index contributed by atoms with van der Waals surface area (Å²) in [5, 5.41) is 23.4. The van der Waals surface area contributed by atoms with Gasteiger partial charge in [0.15, 0.2) is 0 Å². The van der Waals surface area contributed by atoms with Crippen molar-refractivity contribution in [1.82, 2.24) is 0 Å². The van der Waals surface area contributed by atoms with Gasteiger partial charge in [-0.1, -0.05) is 109 Å². The van der Waals surface area contributed by atoms with E-state index < -0.39 is 0 Å². The molecule has 376 valence electrons. The first-order valence-corrected chi connectivity index (χ1v) is 25.4. The van der Waals surface area contributed by atoms with Gasteiger partial charge in [-0.3, -0.25) is 0 Å². The Balaban J connectivity index is 0.00000616. The van der Waals surface area contributed by atoms with Crippen LogP contribution in [0.5, 0.6) is 11.5 Å². The number of rotatable bonds is 12. The van der Waals surface area contributed by atoms with Gasteiger partial charge in [0, 0.05) is 63.5 Å². The first kappa shape index (κ1) is 49.5. The van der Waals surface area contributed by atoms with E-state index in [1.165, 1.54) is 0 Å². The van der Waals surface area contributed by atoms with Crippen LogP contribution in [-0.4, -0.2) is 16.9 Å². The van der Waals surface area contributed by atoms with Crippen LogP contribution in [0, 0.1) is 41.0 Å². The van der Waals surface area contributed by atoms with E-state index in [0.717, 1.165) is 101 Å². The second kappa shape index (κ2) is 20.9. The average molecular weight is 1170 g/mol. The van der Waals surface area contributed by atoms with Gasteiger partial charge >= 0.3 is 21.1 Å². The summed E-state index contributed by atoms with van der Waals surface area (Å²) in [6, 6.07) is 79.3. The van der Waals surface area contributed by atoms with Crippen molar-refractivity contribution >= 4 is 68.2 Å². The van der Waals surface area contributed by atoms with Gasteiger partial charge in [0.05, 0.1) is 11.4 Å². The number of phenolic OH excluding ortho intramolecular Hbond substituents is 2. The van der Waals surface area contributed by atoms with Crippen molar-refractivity contribution in [3.05, 3.63) is 266 Å². The molecule has 8 nitrogen and oxygen atoms in total. The first-order valence-electron chi connectivity index (χ1n) is 25.4. The zero-order valence-electron chi connectivity index (χ0n) is 42.7. The van der Waals surface area contributed by atoms with Crippen molar-refractivity contribution in [3.8, 4) is 33.8 Å². The zero-order valence-corrected chi connectivity index (χ0v) is 45.0. The van der Waals surface area contributed by atoms with Gasteiger partial charge in [0.1, 0.15) is 11.5 Å². The summed E-state index contributed by atoms with van der Waals surface area (Å²) in [6.45, 7) is 13.3. The molecule has 10 aromatic rings. The largest absolute Gasteiger partial charge is 2.00 e. The van der Waals surface area contributed by atoms with E-state index in [-0.39, 0.29) is 32.6 Å². The maximum absolute atomic E-state index is 11.7. The molecule has 0 aliphatic carbocycles. The Labute approximate surface area is 460 Å². The van der Waals surface area contributed by atoms with Gasteiger partial charge in [-0.25, -0.2) is 0 Å². The van der Waals surface area contributed by atoms with E-state index in [1.54, 1.807) is 12.1 Å². The minimum Gasteiger partial charge on any atom is -0.506 e. The molecule has 0 aromatic heterocycles. The van der Waals surface area contributed by atoms with Crippen molar-refractivity contribution in [2.75, 3.05) is 36.1 Å². The number of aryl methyl sites for hydroxylation is 4. The Kier molecular flexibility index (Phi) is 13.6. The van der Waals surface area contributed by atoms with Crippen LogP contribution in [0.3, 0.4) is 0 Å². The third-order valence-corrected chi connectivity index (χ3v) is 14.4. The molecule has 0 radical (unpaired) electrons. The van der Waals surface area contributed by atoms with Crippen LogP contribution < -0.4 is 29.4 Å². The second-order valence-corrected chi connectivity index (χ2v) is 19.4. The Morgan fingerprint density at radius 3 is 0.934 bits per heavy atom. The molecule has 0 bridgehead atoms. The molecular weight excluding hydrogens is 1120 g/mol. The monoisotopic (exact) mass is 1170 g/mol. The minimum atomic E-state index is 0. The second-order valence-electron chi connectivity index (χ2n) is 19.4. The molecule has 0 unspecified atom stereocenters. The standard InChI is InChI=1S/C67H56N6O2.Pt/c1-46-37-56(72(52-21-9-5-10-22-52)53-23-11-6-12-24-53)38-47(2)66(46)50-33-35-64(74)62(41-50)70-44-68(58-29-17-19-31-60(58)70)43-69-45-71(61-32-20-18-30-59(61)69)63-42-51(34-36-65(63)75)67-48(3)39-57(40-49(67)4)73(54-25-13-7-14-26-54)55-27-15-8-16-28-55;/h5-42,44-45,74-75H,43H2,1-4H3;/q-2;+2. The number of phenols is 2. The van der Waals surface area contributed by atoms with E-state index in [4.69, 9.17) is 0 Å². The van der Waals surface area contributed by atoms with Crippen molar-refractivity contribution in [2.45, 2.75) is 27.7 Å². The van der Waals surface area contributed by atoms with Crippen LogP contribution >= 0.6 is 0 Å². The van der Waals surface area contributed by atoms with E-state index in [9.17, 15) is 10.2 Å². The third-order valence-electron chi connectivity index (χ3n) is 14.4. The Bertz CT molecular complexity index is 3340. The molecule has 9 heteroatoms. The maximum atomic E-state index is 11.7. The summed E-state index contributed by atoms with van der Waals surface area (Å²) in [7, 11) is 0. The van der Waals surface area contributed by atoms with Gasteiger partial charge in [0.25, 0.3) is 0 Å². The fraction of sp³-hybridized carbons (Fsp3) is 0.0746. The van der Waals surface area contributed by atoms with Crippen molar-refractivity contribution in [1.29, 1.82) is 0 Å². The number of para-hydroxylation sites is 8. The van der Waals surface area contributed by atoms with Crippen molar-refractivity contribution < 1.29 is 31.3 Å². The summed E-state index contributed by atoms with van der Waals surface area (Å²) in [5.41, 5.74) is 20.6. The van der Waals surface area contributed by atoms with Gasteiger partial charge in [-0.2, -0.15) is 0 Å². The van der Waals surface area contributed by atoms with Crippen LogP contribution in [0.4, 0.5) is 68.2 Å². The van der Waals surface area contributed by atoms with Crippen LogP contribution in [0.25, 0.3) is 22.3 Å². The van der Waals surface area contributed by atoms with Gasteiger partial charge in [-0.15, -0.1) is 13.3 Å². The fourth-order valence-corrected chi connectivity index (χ4v) is 11.1. The molecule has 12 rings (SSSR count). The van der Waals surface area contributed by atoms with Crippen LogP contribution in [0.2, 0.25) is 0 Å². The molecule has 0 spiro atoms. The number of benzene rings is 10. The maximum Gasteiger partial charge on any atom is 2.00 e. The predicted molar refractivity (Wildman–Crippen MR) is 311 cm³/mol. The molecule has 0 saturated carbocycles. The number of anilines is 12. The first-order chi connectivity index (χ1) is 36.7. The number of hydrogen-bond acceptors (Lipinski definition) is 8. The quantitative estimate of drug-likeness (QED) is 0.117. The third kappa shape index (κ3) is 9.20. The van der Waals surface area contributed by atoms with Crippen molar-refractivity contribution in [3.63, 3.8) is 0 Å². The molecule has 0 atom stereocenters. The van der Waals surface area contributed by atoms with Gasteiger partial charge in [0.2, 0.25) is 0 Å². The Morgan fingerprint density at radius 1 is 0.329 bits per heavy atom. The Hall–Kier alpha value is -8.71. The normalized spacial score (nSPS) is 12.6. The zero-order chi connectivity index (χ0) is 51.2. The van der Waals surface area contributed by atoms with Crippen LogP contribution in [0.1, 0.15) is 22.3 Å². The molecule has 2 N–H and O–H groups in total. The van der Waals surface area contributed by atoms with E-state index in [0.29, 0.717) is 18.0 Å². The Morgan fingerprint density at radius 2 is 0.618 bits per heavy atom. The summed E-state index contributed by atoms with van der Waals surface area (Å²) >= 11 is 0. The van der Waals surface area contributed by atoms with E-state index in [2.05, 4.69) is 240 Å². The number of fused-ring (bicyclic) bond motifs is 2. The molecule has 0 saturated heterocycles. The number of aromatic hydroxyl groups is 2. The molecule has 0 fully saturated rings. The predicted octanol–water partition coefficient (Wildman–Crippen LogP) is 17.4. The smallest absolute Gasteiger partial charge is 0.506 e. The minimum absolute atomic E-state index is 0. The average Bonchev–Trinajstić information content (AvgIpc) is 3.99. The van der Waals surface area contributed by atoms with Crippen molar-refractivity contribution in [2.24, 2.45) is 0 Å². The fourth-order valence-electron chi connectivity index (χ4n) is 11.1. The SMILES string of the molecule is Cc1cc(N(c2ccccc2)c2ccccc2)cc(C)c1-c1ccc(O)c(N2[CH-]N(CN3[CH-]N(c4cc(-c5c(C)cc(N(c6ccccc6)c6ccccc6)cc5C)ccc4O)c4ccccc43)c3ccccc32)c1.[Pt+2]. The van der Waals surface area contributed by atoms with Gasteiger partial charge < -0.3 is 39.6 Å². The van der Waals surface area contributed by atoms with Crippen LogP contribution in [0.15, 0.2) is 231 Å². The summed E-state index contributed by atoms with van der Waals surface area (Å²) in [4.78, 5) is 13.2. The van der Waals surface area contributed by atoms with Gasteiger partial charge in [-0.05, 0) is 194 Å². The molecule has 0 amide bonds. The number of hydrogen-bond donors (Lipinski definition) is 2. The summed E-state index contributed by atoms with van der Waals surface area (Å²) < 4.78 is 0. The molecule has 2 aliphatic rings. The van der Waals surface area contributed by atoms with Crippen LogP contribution in [-0.2, 0) is 21.1 Å². The number of nitrogens with zero attached hydrogens (tertiary/aromatic N) is 6. The topological polar surface area (TPSA) is 59.9 Å².